The van der Waals surface area contributed by atoms with E-state index in [4.69, 9.17) is 0 Å². The quantitative estimate of drug-likeness (QED) is 0.499. The molecule has 134 valence electrons. The lowest BCUT2D eigenvalue weighted by molar-refractivity contribution is -0.389. The fourth-order valence-electron chi connectivity index (χ4n) is 1.95. The first-order chi connectivity index (χ1) is 12.4. The van der Waals surface area contributed by atoms with Crippen LogP contribution in [-0.2, 0) is 0 Å². The Kier molecular flexibility index (Phi) is 4.84. The molecule has 0 aliphatic carbocycles. The Bertz CT molecular complexity index is 941. The minimum absolute atomic E-state index is 0.0210. The summed E-state index contributed by atoms with van der Waals surface area (Å²) in [6.45, 7) is -2.90. The summed E-state index contributed by atoms with van der Waals surface area (Å²) in [6.07, 6.45) is 0. The van der Waals surface area contributed by atoms with Gasteiger partial charge in [-0.15, -0.1) is 16.4 Å². The molecule has 0 aliphatic heterocycles. The van der Waals surface area contributed by atoms with Gasteiger partial charge in [-0.2, -0.15) is 8.78 Å². The molecular weight excluding hydrogens is 372 g/mol. The molecule has 0 saturated carbocycles. The molecule has 0 atom stereocenters. The van der Waals surface area contributed by atoms with E-state index in [9.17, 15) is 23.7 Å². The molecule has 3 rings (SSSR count). The van der Waals surface area contributed by atoms with E-state index in [1.54, 1.807) is 17.5 Å². The summed E-state index contributed by atoms with van der Waals surface area (Å²) in [5, 5.41) is 20.7. The van der Waals surface area contributed by atoms with Crippen LogP contribution in [0.2, 0.25) is 0 Å². The van der Waals surface area contributed by atoms with Gasteiger partial charge < -0.3 is 14.9 Å². The van der Waals surface area contributed by atoms with Crippen LogP contribution in [0.25, 0.3) is 11.3 Å². The molecule has 1 aromatic carbocycles. The van der Waals surface area contributed by atoms with E-state index in [1.807, 2.05) is 0 Å². The summed E-state index contributed by atoms with van der Waals surface area (Å²) >= 11 is 1.13. The number of hydrogen-bond acceptors (Lipinski definition) is 7. The highest BCUT2D eigenvalue weighted by molar-refractivity contribution is 7.14. The van der Waals surface area contributed by atoms with Gasteiger partial charge in [0.15, 0.2) is 10.8 Å². The van der Waals surface area contributed by atoms with E-state index in [0.29, 0.717) is 11.3 Å². The Labute approximate surface area is 147 Å². The van der Waals surface area contributed by atoms with E-state index >= 15 is 0 Å². The number of carbonyl (C=O) groups is 1. The first-order valence-corrected chi connectivity index (χ1v) is 7.82. The third-order valence-electron chi connectivity index (χ3n) is 3.09. The van der Waals surface area contributed by atoms with Gasteiger partial charge in [0.1, 0.15) is 5.75 Å². The highest BCUT2D eigenvalue weighted by atomic mass is 32.1. The minimum atomic E-state index is -2.90. The van der Waals surface area contributed by atoms with Crippen LogP contribution in [-0.4, -0.2) is 32.6 Å². The largest absolute Gasteiger partial charge is 0.435 e. The number of ether oxygens (including phenoxy) is 1. The van der Waals surface area contributed by atoms with E-state index in [1.165, 1.54) is 12.1 Å². The minimum Gasteiger partial charge on any atom is -0.435 e. The van der Waals surface area contributed by atoms with Crippen molar-refractivity contribution in [2.45, 2.75) is 6.61 Å². The van der Waals surface area contributed by atoms with E-state index in [-0.39, 0.29) is 16.6 Å². The molecule has 0 spiro atoms. The Balaban J connectivity index is 1.69. The summed E-state index contributed by atoms with van der Waals surface area (Å²) in [7, 11) is 0. The Morgan fingerprint density at radius 1 is 1.35 bits per heavy atom. The van der Waals surface area contributed by atoms with Crippen molar-refractivity contribution < 1.29 is 23.2 Å². The number of aromatic nitrogens is 3. The van der Waals surface area contributed by atoms with Crippen LogP contribution in [0, 0.1) is 10.1 Å². The molecule has 0 unspecified atom stereocenters. The molecule has 0 saturated heterocycles. The van der Waals surface area contributed by atoms with E-state index < -0.39 is 23.3 Å². The molecule has 26 heavy (non-hydrogen) atoms. The van der Waals surface area contributed by atoms with Crippen molar-refractivity contribution in [3.63, 3.8) is 0 Å². The van der Waals surface area contributed by atoms with Crippen LogP contribution in [0.4, 0.5) is 19.7 Å². The molecule has 0 radical (unpaired) electrons. The SMILES string of the molecule is O=C(Nc1nc(-c2ccc(OC(F)F)cc2)cs1)c1cc([N+](=O)[O-])[nH]n1. The second-order valence-electron chi connectivity index (χ2n) is 4.79. The third-order valence-corrected chi connectivity index (χ3v) is 3.85. The van der Waals surface area contributed by atoms with Gasteiger partial charge in [0.2, 0.25) is 0 Å². The van der Waals surface area contributed by atoms with Crippen molar-refractivity contribution in [1.82, 2.24) is 15.2 Å². The lowest BCUT2D eigenvalue weighted by Gasteiger charge is -2.04. The van der Waals surface area contributed by atoms with Crippen LogP contribution >= 0.6 is 11.3 Å². The van der Waals surface area contributed by atoms with Crippen LogP contribution in [0.15, 0.2) is 35.7 Å². The Morgan fingerprint density at radius 3 is 2.69 bits per heavy atom. The Morgan fingerprint density at radius 2 is 2.08 bits per heavy atom. The molecule has 2 aromatic heterocycles. The van der Waals surface area contributed by atoms with Gasteiger partial charge in [-0.3, -0.25) is 10.1 Å². The molecule has 1 amide bonds. The second-order valence-corrected chi connectivity index (χ2v) is 5.65. The zero-order valence-electron chi connectivity index (χ0n) is 12.7. The average molecular weight is 381 g/mol. The molecule has 0 bridgehead atoms. The molecule has 0 fully saturated rings. The topological polar surface area (TPSA) is 123 Å². The summed E-state index contributed by atoms with van der Waals surface area (Å²) < 4.78 is 28.5. The first-order valence-electron chi connectivity index (χ1n) is 6.94. The predicted molar refractivity (Wildman–Crippen MR) is 87.4 cm³/mol. The fraction of sp³-hybridized carbons (Fsp3) is 0.0714. The number of carbonyl (C=O) groups excluding carboxylic acids is 1. The maximum absolute atomic E-state index is 12.1. The monoisotopic (exact) mass is 381 g/mol. The first kappa shape index (κ1) is 17.4. The molecule has 0 aliphatic rings. The van der Waals surface area contributed by atoms with Gasteiger partial charge in [-0.05, 0) is 29.2 Å². The number of rotatable bonds is 6. The van der Waals surface area contributed by atoms with Gasteiger partial charge in [-0.1, -0.05) is 5.10 Å². The molecule has 2 heterocycles. The van der Waals surface area contributed by atoms with Crippen LogP contribution in [0.5, 0.6) is 5.75 Å². The molecule has 9 nitrogen and oxygen atoms in total. The average Bonchev–Trinajstić information content (AvgIpc) is 3.24. The van der Waals surface area contributed by atoms with E-state index in [0.717, 1.165) is 17.4 Å². The van der Waals surface area contributed by atoms with Gasteiger partial charge in [0.25, 0.3) is 5.91 Å². The number of benzene rings is 1. The predicted octanol–water partition coefficient (Wildman–Crippen LogP) is 3.30. The Hall–Kier alpha value is -3.41. The van der Waals surface area contributed by atoms with Crippen molar-refractivity contribution >= 4 is 28.2 Å². The highest BCUT2D eigenvalue weighted by Crippen LogP contribution is 2.27. The third kappa shape index (κ3) is 3.97. The van der Waals surface area contributed by atoms with Crippen molar-refractivity contribution in [3.8, 4) is 17.0 Å². The number of H-pyrrole nitrogens is 1. The highest BCUT2D eigenvalue weighted by Gasteiger charge is 2.17. The maximum Gasteiger partial charge on any atom is 0.387 e. The van der Waals surface area contributed by atoms with Gasteiger partial charge in [0, 0.05) is 10.9 Å². The number of nitrogens with one attached hydrogen (secondary N) is 2. The number of thiazole rings is 1. The number of amides is 1. The summed E-state index contributed by atoms with van der Waals surface area (Å²) in [5.74, 6) is -1.04. The van der Waals surface area contributed by atoms with Crippen LogP contribution in [0.1, 0.15) is 10.5 Å². The van der Waals surface area contributed by atoms with Gasteiger partial charge >= 0.3 is 12.4 Å². The number of alkyl halides is 2. The maximum atomic E-state index is 12.1. The summed E-state index contributed by atoms with van der Waals surface area (Å²) in [4.78, 5) is 26.1. The van der Waals surface area contributed by atoms with Crippen molar-refractivity contribution in [1.29, 1.82) is 0 Å². The lowest BCUT2D eigenvalue weighted by atomic mass is 10.2. The lowest BCUT2D eigenvalue weighted by Crippen LogP contribution is -2.12. The normalized spacial score (nSPS) is 10.7. The molecule has 12 heteroatoms. The number of hydrogen-bond donors (Lipinski definition) is 2. The second kappa shape index (κ2) is 7.23. The van der Waals surface area contributed by atoms with Gasteiger partial charge in [0.05, 0.1) is 11.8 Å². The van der Waals surface area contributed by atoms with Crippen LogP contribution in [0.3, 0.4) is 0 Å². The summed E-state index contributed by atoms with van der Waals surface area (Å²) in [6, 6.07) is 6.86. The standard InChI is InChI=1S/C14H9F2N5O4S/c15-13(16)25-8-3-1-7(2-4-8)10-6-26-14(17-10)18-12(22)9-5-11(20-19-9)21(23)24/h1-6,13H,(H,19,20)(H,17,18,22). The van der Waals surface area contributed by atoms with Crippen LogP contribution < -0.4 is 10.1 Å². The fourth-order valence-corrected chi connectivity index (χ4v) is 2.67. The van der Waals surface area contributed by atoms with Crippen molar-refractivity contribution in [2.24, 2.45) is 0 Å². The summed E-state index contributed by atoms with van der Waals surface area (Å²) in [5.41, 5.74) is 1.00. The zero-order valence-corrected chi connectivity index (χ0v) is 13.5. The number of halogens is 2. The smallest absolute Gasteiger partial charge is 0.387 e. The van der Waals surface area contributed by atoms with E-state index in [2.05, 4.69) is 25.2 Å². The number of anilines is 1. The number of nitrogens with zero attached hydrogens (tertiary/aromatic N) is 3. The number of nitro groups is 1. The molecule has 2 N–H and O–H groups in total. The van der Waals surface area contributed by atoms with Crippen molar-refractivity contribution in [2.75, 3.05) is 5.32 Å². The molecule has 3 aromatic rings. The van der Waals surface area contributed by atoms with Crippen molar-refractivity contribution in [3.05, 3.63) is 51.5 Å². The van der Waals surface area contributed by atoms with Gasteiger partial charge in [-0.25, -0.2) is 4.98 Å². The molecular formula is C14H9F2N5O4S. The zero-order chi connectivity index (χ0) is 18.7. The number of aromatic amines is 1.